The van der Waals surface area contributed by atoms with E-state index in [0.717, 1.165) is 16.3 Å². The SMILES string of the molecule is Cc1cc(C(=O)/C(C#N)=C/c2cn(-c3ccccc3)nc2-c2cccs2)c(C)n1-c1ccc(OC(F)F)cc1. The topological polar surface area (TPSA) is 72.8 Å². The van der Waals surface area contributed by atoms with E-state index in [1.54, 1.807) is 42.1 Å². The Morgan fingerprint density at radius 1 is 1.05 bits per heavy atom. The molecule has 9 heteroatoms. The molecule has 0 aliphatic carbocycles. The molecule has 3 heterocycles. The molecule has 2 aromatic carbocycles. The molecule has 0 aliphatic rings. The van der Waals surface area contributed by atoms with Crippen LogP contribution in [0.15, 0.2) is 89.9 Å². The van der Waals surface area contributed by atoms with E-state index in [4.69, 9.17) is 5.10 Å². The number of carbonyl (C=O) groups is 1. The summed E-state index contributed by atoms with van der Waals surface area (Å²) in [7, 11) is 0. The predicted octanol–water partition coefficient (Wildman–Crippen LogP) is 7.40. The van der Waals surface area contributed by atoms with Crippen LogP contribution in [-0.4, -0.2) is 26.7 Å². The number of thiophene rings is 1. The molecule has 0 saturated heterocycles. The van der Waals surface area contributed by atoms with Crippen LogP contribution < -0.4 is 4.74 Å². The van der Waals surface area contributed by atoms with Crippen molar-refractivity contribution >= 4 is 23.2 Å². The number of carbonyl (C=O) groups excluding carboxylic acids is 1. The van der Waals surface area contributed by atoms with Crippen LogP contribution in [0.3, 0.4) is 0 Å². The van der Waals surface area contributed by atoms with E-state index in [-0.39, 0.29) is 11.3 Å². The number of hydrogen-bond acceptors (Lipinski definition) is 5. The van der Waals surface area contributed by atoms with Crippen molar-refractivity contribution in [2.75, 3.05) is 0 Å². The molecular formula is C30H22F2N4O2S. The molecule has 39 heavy (non-hydrogen) atoms. The van der Waals surface area contributed by atoms with Crippen LogP contribution in [-0.2, 0) is 0 Å². The van der Waals surface area contributed by atoms with Crippen LogP contribution in [0.2, 0.25) is 0 Å². The fourth-order valence-corrected chi connectivity index (χ4v) is 5.16. The third-order valence-corrected chi connectivity index (χ3v) is 7.06. The van der Waals surface area contributed by atoms with Gasteiger partial charge < -0.3 is 9.30 Å². The highest BCUT2D eigenvalue weighted by molar-refractivity contribution is 7.13. The number of nitriles is 1. The molecule has 0 saturated carbocycles. The number of allylic oxidation sites excluding steroid dienone is 1. The summed E-state index contributed by atoms with van der Waals surface area (Å²) in [5.41, 5.74) is 4.58. The highest BCUT2D eigenvalue weighted by Crippen LogP contribution is 2.31. The minimum absolute atomic E-state index is 0.0265. The van der Waals surface area contributed by atoms with Gasteiger partial charge in [0, 0.05) is 34.4 Å². The first-order chi connectivity index (χ1) is 18.9. The zero-order valence-corrected chi connectivity index (χ0v) is 21.8. The van der Waals surface area contributed by atoms with E-state index in [1.165, 1.54) is 23.5 Å². The molecule has 0 amide bonds. The number of rotatable bonds is 8. The molecule has 0 aliphatic heterocycles. The van der Waals surface area contributed by atoms with Gasteiger partial charge in [0.1, 0.15) is 23.1 Å². The van der Waals surface area contributed by atoms with E-state index in [2.05, 4.69) is 10.8 Å². The number of aromatic nitrogens is 3. The van der Waals surface area contributed by atoms with Crippen molar-refractivity contribution in [2.24, 2.45) is 0 Å². The second-order valence-electron chi connectivity index (χ2n) is 8.68. The molecule has 194 valence electrons. The van der Waals surface area contributed by atoms with Crippen LogP contribution in [0.5, 0.6) is 5.75 Å². The Hall–Kier alpha value is -4.81. The molecule has 5 rings (SSSR count). The van der Waals surface area contributed by atoms with Gasteiger partial charge in [0.2, 0.25) is 5.78 Å². The first-order valence-corrected chi connectivity index (χ1v) is 12.8. The zero-order valence-electron chi connectivity index (χ0n) is 21.0. The number of halogens is 2. The van der Waals surface area contributed by atoms with Crippen molar-refractivity contribution in [3.05, 3.63) is 112 Å². The third-order valence-electron chi connectivity index (χ3n) is 6.18. The number of benzene rings is 2. The van der Waals surface area contributed by atoms with Gasteiger partial charge in [-0.05, 0) is 73.8 Å². The van der Waals surface area contributed by atoms with E-state index >= 15 is 0 Å². The molecule has 3 aromatic heterocycles. The maximum atomic E-state index is 13.6. The number of ketones is 1. The first-order valence-electron chi connectivity index (χ1n) is 12.0. The third kappa shape index (κ3) is 5.28. The predicted molar refractivity (Wildman–Crippen MR) is 147 cm³/mol. The average Bonchev–Trinajstić information content (AvgIpc) is 3.67. The first kappa shape index (κ1) is 25.8. The van der Waals surface area contributed by atoms with Gasteiger partial charge in [-0.3, -0.25) is 4.79 Å². The molecule has 0 fully saturated rings. The van der Waals surface area contributed by atoms with Gasteiger partial charge in [0.05, 0.1) is 10.6 Å². The molecule has 5 aromatic rings. The Labute approximate surface area is 227 Å². The molecular weight excluding hydrogens is 518 g/mol. The second kappa shape index (κ2) is 10.9. The van der Waals surface area contributed by atoms with Gasteiger partial charge in [-0.2, -0.15) is 19.1 Å². The summed E-state index contributed by atoms with van der Waals surface area (Å²) in [5.74, 6) is -0.376. The Balaban J connectivity index is 1.52. The number of ether oxygens (including phenoxy) is 1. The lowest BCUT2D eigenvalue weighted by molar-refractivity contribution is -0.0498. The number of aryl methyl sites for hydroxylation is 1. The molecule has 6 nitrogen and oxygen atoms in total. The minimum atomic E-state index is -2.91. The average molecular weight is 541 g/mol. The van der Waals surface area contributed by atoms with E-state index in [0.29, 0.717) is 28.2 Å². The summed E-state index contributed by atoms with van der Waals surface area (Å²) in [6.45, 7) is 0.706. The van der Waals surface area contributed by atoms with Gasteiger partial charge in [0.15, 0.2) is 0 Å². The van der Waals surface area contributed by atoms with Gasteiger partial charge >= 0.3 is 6.61 Å². The van der Waals surface area contributed by atoms with Gasteiger partial charge in [0.25, 0.3) is 0 Å². The smallest absolute Gasteiger partial charge is 0.387 e. The highest BCUT2D eigenvalue weighted by Gasteiger charge is 2.22. The van der Waals surface area contributed by atoms with Crippen LogP contribution in [0.1, 0.15) is 27.3 Å². The lowest BCUT2D eigenvalue weighted by atomic mass is 10.0. The largest absolute Gasteiger partial charge is 0.435 e. The molecule has 0 unspecified atom stereocenters. The summed E-state index contributed by atoms with van der Waals surface area (Å²) in [6.07, 6.45) is 3.38. The number of para-hydroxylation sites is 1. The van der Waals surface area contributed by atoms with Crippen molar-refractivity contribution in [3.8, 4) is 33.8 Å². The van der Waals surface area contributed by atoms with E-state index in [1.807, 2.05) is 59.3 Å². The van der Waals surface area contributed by atoms with Gasteiger partial charge in [-0.15, -0.1) is 11.3 Å². The van der Waals surface area contributed by atoms with Crippen LogP contribution in [0.4, 0.5) is 8.78 Å². The standard InChI is InChI=1S/C30H22F2N4O2S/c1-19-15-26(20(2)36(19)24-10-12-25(13-11-24)38-30(31)32)29(37)21(17-33)16-22-18-35(23-7-4-3-5-8-23)34-28(22)27-9-6-14-39-27/h3-16,18,30H,1-2H3/b21-16+. The van der Waals surface area contributed by atoms with Crippen LogP contribution >= 0.6 is 11.3 Å². The van der Waals surface area contributed by atoms with Crippen molar-refractivity contribution in [3.63, 3.8) is 0 Å². The Morgan fingerprint density at radius 2 is 1.79 bits per heavy atom. The number of alkyl halides is 2. The monoisotopic (exact) mass is 540 g/mol. The van der Waals surface area contributed by atoms with E-state index in [9.17, 15) is 18.8 Å². The second-order valence-corrected chi connectivity index (χ2v) is 9.63. The summed E-state index contributed by atoms with van der Waals surface area (Å²) in [6, 6.07) is 23.4. The summed E-state index contributed by atoms with van der Waals surface area (Å²) >= 11 is 1.52. The number of Topliss-reactive ketones (excluding diaryl/α,β-unsaturated/α-hetero) is 1. The summed E-state index contributed by atoms with van der Waals surface area (Å²) in [4.78, 5) is 14.5. The summed E-state index contributed by atoms with van der Waals surface area (Å²) in [5, 5.41) is 16.7. The molecule has 0 spiro atoms. The molecule has 0 bridgehead atoms. The zero-order chi connectivity index (χ0) is 27.5. The Bertz CT molecular complexity index is 1690. The maximum absolute atomic E-state index is 13.6. The highest BCUT2D eigenvalue weighted by atomic mass is 32.1. The van der Waals surface area contributed by atoms with Crippen molar-refractivity contribution < 1.29 is 18.3 Å². The quantitative estimate of drug-likeness (QED) is 0.117. The van der Waals surface area contributed by atoms with Gasteiger partial charge in [-0.25, -0.2) is 4.68 Å². The Morgan fingerprint density at radius 3 is 2.44 bits per heavy atom. The fourth-order valence-electron chi connectivity index (χ4n) is 4.43. The normalized spacial score (nSPS) is 11.5. The molecule has 0 radical (unpaired) electrons. The molecule has 0 N–H and O–H groups in total. The minimum Gasteiger partial charge on any atom is -0.435 e. The number of hydrogen-bond donors (Lipinski definition) is 0. The lowest BCUT2D eigenvalue weighted by Gasteiger charge is -2.11. The number of nitrogens with zero attached hydrogens (tertiary/aromatic N) is 4. The van der Waals surface area contributed by atoms with E-state index < -0.39 is 12.4 Å². The fraction of sp³-hybridized carbons (Fsp3) is 0.100. The summed E-state index contributed by atoms with van der Waals surface area (Å²) < 4.78 is 33.0. The van der Waals surface area contributed by atoms with Crippen molar-refractivity contribution in [1.82, 2.24) is 14.3 Å². The van der Waals surface area contributed by atoms with Crippen molar-refractivity contribution in [2.45, 2.75) is 20.5 Å². The Kier molecular flexibility index (Phi) is 7.21. The van der Waals surface area contributed by atoms with Crippen LogP contribution in [0.25, 0.3) is 28.0 Å². The van der Waals surface area contributed by atoms with Gasteiger partial charge in [-0.1, -0.05) is 24.3 Å². The molecule has 0 atom stereocenters. The van der Waals surface area contributed by atoms with Crippen molar-refractivity contribution in [1.29, 1.82) is 5.26 Å². The lowest BCUT2D eigenvalue weighted by Crippen LogP contribution is -2.06. The maximum Gasteiger partial charge on any atom is 0.387 e. The van der Waals surface area contributed by atoms with Crippen LogP contribution in [0, 0.1) is 25.2 Å².